The van der Waals surface area contributed by atoms with Crippen molar-refractivity contribution in [2.75, 3.05) is 20.3 Å². The maximum absolute atomic E-state index is 6.01. The molecule has 82 valence electrons. The van der Waals surface area contributed by atoms with Gasteiger partial charge >= 0.3 is 0 Å². The molecule has 0 bridgehead atoms. The van der Waals surface area contributed by atoms with Crippen molar-refractivity contribution < 1.29 is 4.74 Å². The topological polar surface area (TPSA) is 25.4 Å². The van der Waals surface area contributed by atoms with Crippen LogP contribution < -0.4 is 0 Å². The van der Waals surface area contributed by atoms with Crippen molar-refractivity contribution in [1.82, 2.24) is 9.88 Å². The van der Waals surface area contributed by atoms with Crippen LogP contribution in [0.2, 0.25) is 5.15 Å². The third-order valence-electron chi connectivity index (χ3n) is 2.79. The Morgan fingerprint density at radius 2 is 2.53 bits per heavy atom. The average Bonchev–Trinajstić information content (AvgIpc) is 2.74. The zero-order valence-electron chi connectivity index (χ0n) is 8.82. The molecule has 15 heavy (non-hydrogen) atoms. The Balaban J connectivity index is 1.99. The molecule has 1 aliphatic rings. The van der Waals surface area contributed by atoms with Crippen LogP contribution in [0.15, 0.2) is 18.3 Å². The monoisotopic (exact) mass is 226 g/mol. The van der Waals surface area contributed by atoms with Gasteiger partial charge in [-0.3, -0.25) is 4.90 Å². The second kappa shape index (κ2) is 4.92. The van der Waals surface area contributed by atoms with Crippen LogP contribution in [0.5, 0.6) is 0 Å². The van der Waals surface area contributed by atoms with Crippen molar-refractivity contribution >= 4 is 11.6 Å². The van der Waals surface area contributed by atoms with E-state index in [2.05, 4.69) is 16.9 Å². The Morgan fingerprint density at radius 1 is 1.67 bits per heavy atom. The molecule has 0 N–H and O–H groups in total. The molecule has 1 aliphatic heterocycles. The largest absolute Gasteiger partial charge is 0.380 e. The van der Waals surface area contributed by atoms with Crippen molar-refractivity contribution in [2.45, 2.75) is 19.0 Å². The minimum atomic E-state index is 0.515. The molecular weight excluding hydrogens is 212 g/mol. The zero-order valence-corrected chi connectivity index (χ0v) is 9.57. The second-order valence-electron chi connectivity index (χ2n) is 3.89. The zero-order chi connectivity index (χ0) is 10.7. The lowest BCUT2D eigenvalue weighted by atomic mass is 10.2. The third-order valence-corrected chi connectivity index (χ3v) is 3.13. The fourth-order valence-electron chi connectivity index (χ4n) is 1.80. The highest BCUT2D eigenvalue weighted by atomic mass is 35.5. The first kappa shape index (κ1) is 10.9. The summed E-state index contributed by atoms with van der Waals surface area (Å²) >= 11 is 6.01. The van der Waals surface area contributed by atoms with E-state index in [1.807, 2.05) is 12.1 Å². The van der Waals surface area contributed by atoms with Crippen LogP contribution in [-0.2, 0) is 11.3 Å². The first-order valence-corrected chi connectivity index (χ1v) is 5.52. The van der Waals surface area contributed by atoms with E-state index in [4.69, 9.17) is 16.3 Å². The molecule has 0 aromatic carbocycles. The van der Waals surface area contributed by atoms with Crippen LogP contribution in [0.25, 0.3) is 0 Å². The van der Waals surface area contributed by atoms with Crippen molar-refractivity contribution in [3.05, 3.63) is 29.0 Å². The summed E-state index contributed by atoms with van der Waals surface area (Å²) in [6.45, 7) is 2.53. The van der Waals surface area contributed by atoms with Crippen molar-refractivity contribution in [3.63, 3.8) is 0 Å². The number of halogens is 1. The summed E-state index contributed by atoms with van der Waals surface area (Å²) in [5.41, 5.74) is 1.08. The van der Waals surface area contributed by atoms with Gasteiger partial charge in [-0.25, -0.2) is 4.98 Å². The molecule has 0 aliphatic carbocycles. The van der Waals surface area contributed by atoms with E-state index in [-0.39, 0.29) is 0 Å². The highest BCUT2D eigenvalue weighted by Crippen LogP contribution is 2.17. The number of aromatic nitrogens is 1. The molecule has 0 saturated carbocycles. The molecule has 3 nitrogen and oxygen atoms in total. The Labute approximate surface area is 95.0 Å². The molecule has 0 amide bonds. The van der Waals surface area contributed by atoms with Gasteiger partial charge in [-0.1, -0.05) is 17.7 Å². The molecule has 1 fully saturated rings. The maximum Gasteiger partial charge on any atom is 0.133 e. The Hall–Kier alpha value is -0.640. The molecule has 1 atom stereocenters. The van der Waals surface area contributed by atoms with E-state index < -0.39 is 0 Å². The number of hydrogen-bond acceptors (Lipinski definition) is 3. The van der Waals surface area contributed by atoms with Gasteiger partial charge in [0.25, 0.3) is 0 Å². The van der Waals surface area contributed by atoms with E-state index >= 15 is 0 Å². The lowest BCUT2D eigenvalue weighted by Gasteiger charge is -2.22. The summed E-state index contributed by atoms with van der Waals surface area (Å²) in [7, 11) is 2.10. The van der Waals surface area contributed by atoms with Crippen LogP contribution >= 0.6 is 11.6 Å². The Morgan fingerprint density at radius 3 is 3.20 bits per heavy atom. The van der Waals surface area contributed by atoms with Crippen LogP contribution in [0, 0.1) is 0 Å². The molecule has 1 unspecified atom stereocenters. The molecule has 1 aromatic heterocycles. The minimum Gasteiger partial charge on any atom is -0.380 e. The van der Waals surface area contributed by atoms with E-state index in [0.717, 1.165) is 31.7 Å². The lowest BCUT2D eigenvalue weighted by molar-refractivity contribution is 0.156. The number of ether oxygens (including phenoxy) is 1. The molecule has 4 heteroatoms. The van der Waals surface area contributed by atoms with Gasteiger partial charge in [-0.05, 0) is 19.5 Å². The van der Waals surface area contributed by atoms with Crippen molar-refractivity contribution in [1.29, 1.82) is 0 Å². The van der Waals surface area contributed by atoms with Gasteiger partial charge in [0.15, 0.2) is 0 Å². The van der Waals surface area contributed by atoms with Crippen molar-refractivity contribution in [2.24, 2.45) is 0 Å². The van der Waals surface area contributed by atoms with Crippen LogP contribution in [-0.4, -0.2) is 36.2 Å². The summed E-state index contributed by atoms with van der Waals surface area (Å²) in [5.74, 6) is 0. The van der Waals surface area contributed by atoms with Crippen LogP contribution in [0.4, 0.5) is 0 Å². The van der Waals surface area contributed by atoms with Crippen molar-refractivity contribution in [3.8, 4) is 0 Å². The highest BCUT2D eigenvalue weighted by molar-refractivity contribution is 6.30. The van der Waals surface area contributed by atoms with Gasteiger partial charge in [-0.2, -0.15) is 0 Å². The fraction of sp³-hybridized carbons (Fsp3) is 0.545. The number of hydrogen-bond donors (Lipinski definition) is 0. The quantitative estimate of drug-likeness (QED) is 0.737. The maximum atomic E-state index is 6.01. The first-order valence-electron chi connectivity index (χ1n) is 5.15. The molecule has 2 heterocycles. The molecule has 0 radical (unpaired) electrons. The third kappa shape index (κ3) is 2.68. The number of likely N-dealkylation sites (N-methyl/N-ethyl adjacent to an activating group) is 1. The van der Waals surface area contributed by atoms with Gasteiger partial charge in [0.1, 0.15) is 5.15 Å². The van der Waals surface area contributed by atoms with Gasteiger partial charge < -0.3 is 4.74 Å². The SMILES string of the molecule is CN(Cc1cccnc1Cl)C1CCOC1. The standard InChI is InChI=1S/C11H15ClN2O/c1-14(10-4-6-15-8-10)7-9-3-2-5-13-11(9)12/h2-3,5,10H,4,6-8H2,1H3. The highest BCUT2D eigenvalue weighted by Gasteiger charge is 2.20. The second-order valence-corrected chi connectivity index (χ2v) is 4.24. The fourth-order valence-corrected chi connectivity index (χ4v) is 1.98. The minimum absolute atomic E-state index is 0.515. The van der Waals surface area contributed by atoms with E-state index in [9.17, 15) is 0 Å². The molecule has 0 spiro atoms. The number of nitrogens with zero attached hydrogens (tertiary/aromatic N) is 2. The molecule has 1 aromatic rings. The first-order chi connectivity index (χ1) is 7.27. The Kier molecular flexibility index (Phi) is 3.57. The van der Waals surface area contributed by atoms with Crippen LogP contribution in [0.3, 0.4) is 0 Å². The Bertz CT molecular complexity index is 326. The normalized spacial score (nSPS) is 21.1. The molecular formula is C11H15ClN2O. The van der Waals surface area contributed by atoms with Gasteiger partial charge in [0.2, 0.25) is 0 Å². The smallest absolute Gasteiger partial charge is 0.133 e. The predicted molar refractivity (Wildman–Crippen MR) is 59.9 cm³/mol. The summed E-state index contributed by atoms with van der Waals surface area (Å²) in [6.07, 6.45) is 2.82. The van der Waals surface area contributed by atoms with E-state index in [1.54, 1.807) is 6.20 Å². The summed E-state index contributed by atoms with van der Waals surface area (Å²) in [6, 6.07) is 4.45. The summed E-state index contributed by atoms with van der Waals surface area (Å²) in [5, 5.41) is 0.600. The van der Waals surface area contributed by atoms with E-state index in [0.29, 0.717) is 11.2 Å². The van der Waals surface area contributed by atoms with Gasteiger partial charge in [0, 0.05) is 31.0 Å². The predicted octanol–water partition coefficient (Wildman–Crippen LogP) is 1.96. The van der Waals surface area contributed by atoms with E-state index in [1.165, 1.54) is 0 Å². The number of pyridine rings is 1. The molecule has 2 rings (SSSR count). The lowest BCUT2D eigenvalue weighted by Crippen LogP contribution is -2.31. The summed E-state index contributed by atoms with van der Waals surface area (Å²) < 4.78 is 5.36. The molecule has 1 saturated heterocycles. The van der Waals surface area contributed by atoms with Crippen LogP contribution in [0.1, 0.15) is 12.0 Å². The average molecular weight is 227 g/mol. The summed E-state index contributed by atoms with van der Waals surface area (Å²) in [4.78, 5) is 6.34. The van der Waals surface area contributed by atoms with Gasteiger partial charge in [0.05, 0.1) is 6.61 Å². The van der Waals surface area contributed by atoms with Gasteiger partial charge in [-0.15, -0.1) is 0 Å². The number of rotatable bonds is 3.